The molecule has 1 rings (SSSR count). The van der Waals surface area contributed by atoms with Crippen molar-refractivity contribution in [3.63, 3.8) is 0 Å². The minimum absolute atomic E-state index is 0.140. The minimum Gasteiger partial charge on any atom is -0.491 e. The lowest BCUT2D eigenvalue weighted by Gasteiger charge is -2.26. The highest BCUT2D eigenvalue weighted by molar-refractivity contribution is 5.20. The Bertz CT molecular complexity index is 325. The highest BCUT2D eigenvalue weighted by Crippen LogP contribution is 2.11. The Morgan fingerprint density at radius 1 is 1.16 bits per heavy atom. The monoisotopic (exact) mass is 267 g/mol. The molecule has 0 aromatic heterocycles. The van der Waals surface area contributed by atoms with E-state index in [1.807, 2.05) is 44.3 Å². The molecule has 0 aliphatic rings. The number of ether oxygens (including phenoxy) is 2. The second-order valence-electron chi connectivity index (χ2n) is 4.85. The summed E-state index contributed by atoms with van der Waals surface area (Å²) in [5, 5.41) is 12.4. The summed E-state index contributed by atoms with van der Waals surface area (Å²) < 4.78 is 11.0. The molecule has 1 atom stereocenters. The molecule has 0 saturated heterocycles. The summed E-state index contributed by atoms with van der Waals surface area (Å²) >= 11 is 0. The van der Waals surface area contributed by atoms with Gasteiger partial charge in [-0.15, -0.1) is 0 Å². The van der Waals surface area contributed by atoms with Crippen LogP contribution in [0, 0.1) is 0 Å². The lowest BCUT2D eigenvalue weighted by Crippen LogP contribution is -2.43. The van der Waals surface area contributed by atoms with Crippen LogP contribution in [0.5, 0.6) is 5.75 Å². The zero-order chi connectivity index (χ0) is 14.0. The van der Waals surface area contributed by atoms with E-state index in [-0.39, 0.29) is 12.1 Å². The van der Waals surface area contributed by atoms with Crippen molar-refractivity contribution in [3.05, 3.63) is 30.3 Å². The number of rotatable bonds is 10. The second-order valence-corrected chi connectivity index (χ2v) is 4.85. The lowest BCUT2D eigenvalue weighted by molar-refractivity contribution is 0.0876. The van der Waals surface area contributed by atoms with Gasteiger partial charge < -0.3 is 19.9 Å². The zero-order valence-electron chi connectivity index (χ0n) is 11.9. The third-order valence-electron chi connectivity index (χ3n) is 3.21. The van der Waals surface area contributed by atoms with Gasteiger partial charge in [0.05, 0.1) is 13.2 Å². The maximum absolute atomic E-state index is 9.23. The van der Waals surface area contributed by atoms with Gasteiger partial charge in [0.2, 0.25) is 0 Å². The fourth-order valence-electron chi connectivity index (χ4n) is 1.68. The molecule has 4 nitrogen and oxygen atoms in total. The van der Waals surface area contributed by atoms with Gasteiger partial charge in [0, 0.05) is 12.1 Å². The molecular weight excluding hydrogens is 242 g/mol. The van der Waals surface area contributed by atoms with Crippen molar-refractivity contribution < 1.29 is 14.6 Å². The zero-order valence-corrected chi connectivity index (χ0v) is 11.9. The van der Waals surface area contributed by atoms with Crippen LogP contribution in [0.2, 0.25) is 0 Å². The molecule has 1 aromatic rings. The average molecular weight is 267 g/mol. The lowest BCUT2D eigenvalue weighted by atomic mass is 9.97. The summed E-state index contributed by atoms with van der Waals surface area (Å²) in [7, 11) is 1.87. The molecule has 0 bridgehead atoms. The summed E-state index contributed by atoms with van der Waals surface area (Å²) in [6.45, 7) is 3.99. The predicted octanol–water partition coefficient (Wildman–Crippen LogP) is 1.83. The van der Waals surface area contributed by atoms with Gasteiger partial charge in [0.25, 0.3) is 0 Å². The van der Waals surface area contributed by atoms with Crippen molar-refractivity contribution in [2.75, 3.05) is 33.5 Å². The number of hydrogen-bond donors (Lipinski definition) is 2. The van der Waals surface area contributed by atoms with Crippen molar-refractivity contribution in [2.45, 2.75) is 25.3 Å². The first kappa shape index (κ1) is 16.0. The van der Waals surface area contributed by atoms with Crippen molar-refractivity contribution in [1.82, 2.24) is 5.32 Å². The van der Waals surface area contributed by atoms with Crippen LogP contribution in [0.15, 0.2) is 30.3 Å². The van der Waals surface area contributed by atoms with E-state index in [2.05, 4.69) is 5.32 Å². The van der Waals surface area contributed by atoms with Crippen molar-refractivity contribution in [2.24, 2.45) is 0 Å². The van der Waals surface area contributed by atoms with Crippen molar-refractivity contribution in [3.8, 4) is 5.75 Å². The van der Waals surface area contributed by atoms with Crippen LogP contribution in [-0.2, 0) is 4.74 Å². The summed E-state index contributed by atoms with van der Waals surface area (Å²) in [6, 6.07) is 9.72. The van der Waals surface area contributed by atoms with E-state index in [1.165, 1.54) is 0 Å². The van der Waals surface area contributed by atoms with Gasteiger partial charge in [0.1, 0.15) is 12.4 Å². The molecule has 0 aliphatic heterocycles. The fraction of sp³-hybridized carbons (Fsp3) is 0.600. The highest BCUT2D eigenvalue weighted by Gasteiger charge is 2.19. The number of aliphatic hydroxyl groups excluding tert-OH is 1. The Hall–Kier alpha value is -1.10. The summed E-state index contributed by atoms with van der Waals surface area (Å²) in [5.74, 6) is 0.870. The number of hydrogen-bond acceptors (Lipinski definition) is 4. The molecule has 108 valence electrons. The SMILES string of the molecule is CNC(C)(CO)CCCOCCOc1ccccc1. The van der Waals surface area contributed by atoms with Crippen molar-refractivity contribution >= 4 is 0 Å². The smallest absolute Gasteiger partial charge is 0.119 e. The second kappa shape index (κ2) is 8.91. The van der Waals surface area contributed by atoms with Crippen LogP contribution in [-0.4, -0.2) is 44.1 Å². The van der Waals surface area contributed by atoms with E-state index in [0.717, 1.165) is 18.6 Å². The van der Waals surface area contributed by atoms with Gasteiger partial charge in [-0.2, -0.15) is 0 Å². The van der Waals surface area contributed by atoms with E-state index in [9.17, 15) is 5.11 Å². The third kappa shape index (κ3) is 6.57. The Morgan fingerprint density at radius 2 is 1.89 bits per heavy atom. The number of para-hydroxylation sites is 1. The number of nitrogens with one attached hydrogen (secondary N) is 1. The third-order valence-corrected chi connectivity index (χ3v) is 3.21. The first-order valence-corrected chi connectivity index (χ1v) is 6.75. The number of likely N-dealkylation sites (N-methyl/N-ethyl adjacent to an activating group) is 1. The van der Waals surface area contributed by atoms with Gasteiger partial charge in [0.15, 0.2) is 0 Å². The van der Waals surface area contributed by atoms with E-state index in [4.69, 9.17) is 9.47 Å². The largest absolute Gasteiger partial charge is 0.491 e. The fourth-order valence-corrected chi connectivity index (χ4v) is 1.68. The average Bonchev–Trinajstić information content (AvgIpc) is 2.47. The summed E-state index contributed by atoms with van der Waals surface area (Å²) in [6.07, 6.45) is 1.81. The summed E-state index contributed by atoms with van der Waals surface area (Å²) in [4.78, 5) is 0. The Labute approximate surface area is 115 Å². The van der Waals surface area contributed by atoms with Crippen LogP contribution < -0.4 is 10.1 Å². The van der Waals surface area contributed by atoms with Crippen LogP contribution in [0.3, 0.4) is 0 Å². The number of aliphatic hydroxyl groups is 1. The van der Waals surface area contributed by atoms with Gasteiger partial charge in [-0.3, -0.25) is 0 Å². The normalized spacial score (nSPS) is 14.1. The van der Waals surface area contributed by atoms with Crippen molar-refractivity contribution in [1.29, 1.82) is 0 Å². The molecular formula is C15H25NO3. The first-order chi connectivity index (χ1) is 9.20. The molecule has 0 radical (unpaired) electrons. The van der Waals surface area contributed by atoms with E-state index >= 15 is 0 Å². The molecule has 19 heavy (non-hydrogen) atoms. The molecule has 0 spiro atoms. The molecule has 0 fully saturated rings. The molecule has 0 amide bonds. The van der Waals surface area contributed by atoms with E-state index < -0.39 is 0 Å². The van der Waals surface area contributed by atoms with E-state index in [0.29, 0.717) is 19.8 Å². The molecule has 1 aromatic carbocycles. The molecule has 0 heterocycles. The molecule has 0 saturated carbocycles. The topological polar surface area (TPSA) is 50.7 Å². The van der Waals surface area contributed by atoms with Crippen LogP contribution in [0.4, 0.5) is 0 Å². The van der Waals surface area contributed by atoms with Gasteiger partial charge >= 0.3 is 0 Å². The molecule has 2 N–H and O–H groups in total. The predicted molar refractivity (Wildman–Crippen MR) is 76.5 cm³/mol. The molecule has 1 unspecified atom stereocenters. The van der Waals surface area contributed by atoms with Crippen LogP contribution in [0.1, 0.15) is 19.8 Å². The van der Waals surface area contributed by atoms with Gasteiger partial charge in [-0.25, -0.2) is 0 Å². The molecule has 4 heteroatoms. The quantitative estimate of drug-likeness (QED) is 0.635. The first-order valence-electron chi connectivity index (χ1n) is 6.75. The Balaban J connectivity index is 2.00. The highest BCUT2D eigenvalue weighted by atomic mass is 16.5. The minimum atomic E-state index is -0.204. The molecule has 0 aliphatic carbocycles. The van der Waals surface area contributed by atoms with Crippen LogP contribution >= 0.6 is 0 Å². The van der Waals surface area contributed by atoms with Gasteiger partial charge in [-0.1, -0.05) is 18.2 Å². The number of benzene rings is 1. The maximum atomic E-state index is 9.23. The standard InChI is InChI=1S/C15H25NO3/c1-15(13-17,16-2)9-6-10-18-11-12-19-14-7-4-3-5-8-14/h3-5,7-8,16-17H,6,9-13H2,1-2H3. The van der Waals surface area contributed by atoms with E-state index in [1.54, 1.807) is 0 Å². The summed E-state index contributed by atoms with van der Waals surface area (Å²) in [5.41, 5.74) is -0.204. The maximum Gasteiger partial charge on any atom is 0.119 e. The van der Waals surface area contributed by atoms with Crippen LogP contribution in [0.25, 0.3) is 0 Å². The Kier molecular flexibility index (Phi) is 7.48. The van der Waals surface area contributed by atoms with Gasteiger partial charge in [-0.05, 0) is 38.9 Å². The Morgan fingerprint density at radius 3 is 2.53 bits per heavy atom.